The maximum Gasteiger partial charge on any atom is 0.242 e. The number of hydrogen-bond acceptors (Lipinski definition) is 3. The number of amides is 2. The average Bonchev–Trinajstić information content (AvgIpc) is 3.37. The molecule has 1 atom stereocenters. The Morgan fingerprint density at radius 2 is 1.58 bits per heavy atom. The van der Waals surface area contributed by atoms with Gasteiger partial charge < -0.3 is 14.4 Å². The predicted octanol–water partition coefficient (Wildman–Crippen LogP) is 8.01. The summed E-state index contributed by atoms with van der Waals surface area (Å²) in [6, 6.07) is 16.6. The highest BCUT2D eigenvalue weighted by atomic mass is 79.9. The number of benzene rings is 2. The third kappa shape index (κ3) is 6.48. The number of likely N-dealkylation sites (tertiary alicyclic amines) is 2. The topological polar surface area (TPSA) is 58.4 Å². The van der Waals surface area contributed by atoms with E-state index in [2.05, 4.69) is 67.1 Å². The number of hydrogen-bond donors (Lipinski definition) is 0. The molecule has 4 heterocycles. The third-order valence-corrected chi connectivity index (χ3v) is 11.5. The molecule has 45 heavy (non-hydrogen) atoms. The van der Waals surface area contributed by atoms with Crippen LogP contribution < -0.4 is 0 Å². The van der Waals surface area contributed by atoms with E-state index >= 15 is 0 Å². The molecule has 2 aliphatic heterocycles. The number of carbonyl (C=O) groups is 2. The van der Waals surface area contributed by atoms with Crippen LogP contribution in [0, 0.1) is 11.8 Å². The van der Waals surface area contributed by atoms with Crippen LogP contribution in [0.2, 0.25) is 5.02 Å². The Kier molecular flexibility index (Phi) is 9.08. The van der Waals surface area contributed by atoms with Crippen molar-refractivity contribution in [1.82, 2.24) is 19.4 Å². The largest absolute Gasteiger partial charge is 0.343 e. The van der Waals surface area contributed by atoms with Crippen molar-refractivity contribution < 1.29 is 9.59 Å². The molecule has 0 N–H and O–H groups in total. The zero-order valence-corrected chi connectivity index (χ0v) is 29.2. The van der Waals surface area contributed by atoms with Crippen LogP contribution in [-0.4, -0.2) is 57.3 Å². The van der Waals surface area contributed by atoms with E-state index < -0.39 is 0 Å². The summed E-state index contributed by atoms with van der Waals surface area (Å²) in [5.74, 6) is 1.30. The first-order chi connectivity index (χ1) is 21.8. The molecule has 0 unspecified atom stereocenters. The minimum atomic E-state index is 0.153. The quantitative estimate of drug-likeness (QED) is 0.208. The van der Waals surface area contributed by atoms with Gasteiger partial charge in [-0.05, 0) is 119 Å². The van der Waals surface area contributed by atoms with Crippen molar-refractivity contribution in [2.75, 3.05) is 26.2 Å². The van der Waals surface area contributed by atoms with Crippen LogP contribution in [0.3, 0.4) is 0 Å². The smallest absolute Gasteiger partial charge is 0.242 e. The number of rotatable bonds is 5. The number of halogens is 3. The van der Waals surface area contributed by atoms with Gasteiger partial charge in [-0.2, -0.15) is 0 Å². The van der Waals surface area contributed by atoms with Crippen LogP contribution in [0.5, 0.6) is 0 Å². The second-order valence-electron chi connectivity index (χ2n) is 12.9. The number of aryl methyl sites for hydroxylation is 2. The van der Waals surface area contributed by atoms with Gasteiger partial charge in [-0.15, -0.1) is 0 Å². The van der Waals surface area contributed by atoms with Gasteiger partial charge in [0.2, 0.25) is 11.8 Å². The summed E-state index contributed by atoms with van der Waals surface area (Å²) >= 11 is 14.0. The van der Waals surface area contributed by atoms with E-state index in [1.54, 1.807) is 0 Å². The summed E-state index contributed by atoms with van der Waals surface area (Å²) in [5.41, 5.74) is 6.14. The highest BCUT2D eigenvalue weighted by molar-refractivity contribution is 9.10. The molecule has 234 valence electrons. The van der Waals surface area contributed by atoms with Crippen LogP contribution >= 0.6 is 43.5 Å². The van der Waals surface area contributed by atoms with Crippen LogP contribution in [0.1, 0.15) is 60.4 Å². The molecule has 2 saturated heterocycles. The summed E-state index contributed by atoms with van der Waals surface area (Å²) in [4.78, 5) is 35.6. The van der Waals surface area contributed by atoms with Crippen LogP contribution in [0.15, 0.2) is 69.9 Å². The van der Waals surface area contributed by atoms with Gasteiger partial charge in [0.1, 0.15) is 6.54 Å². The van der Waals surface area contributed by atoms with E-state index in [0.717, 1.165) is 95.3 Å². The Balaban J connectivity index is 0.958. The van der Waals surface area contributed by atoms with Gasteiger partial charge in [0.15, 0.2) is 0 Å². The van der Waals surface area contributed by atoms with Gasteiger partial charge in [0.05, 0.1) is 5.69 Å². The van der Waals surface area contributed by atoms with E-state index in [1.807, 2.05) is 40.1 Å². The minimum absolute atomic E-state index is 0.153. The number of nitrogens with zero attached hydrogens (tertiary/aromatic N) is 4. The highest BCUT2D eigenvalue weighted by Gasteiger charge is 2.37. The van der Waals surface area contributed by atoms with Crippen molar-refractivity contribution in [3.63, 3.8) is 0 Å². The molecule has 0 bridgehead atoms. The minimum Gasteiger partial charge on any atom is -0.343 e. The number of aromatic nitrogens is 2. The van der Waals surface area contributed by atoms with Crippen LogP contribution in [0.25, 0.3) is 10.9 Å². The summed E-state index contributed by atoms with van der Waals surface area (Å²) < 4.78 is 4.09. The van der Waals surface area contributed by atoms with Gasteiger partial charge in [-0.1, -0.05) is 45.7 Å². The molecule has 0 radical (unpaired) electrons. The number of pyridine rings is 1. The molecule has 3 aliphatic rings. The summed E-state index contributed by atoms with van der Waals surface area (Å²) in [6.45, 7) is 3.35. The van der Waals surface area contributed by atoms with E-state index in [1.165, 1.54) is 16.7 Å². The molecule has 6 nitrogen and oxygen atoms in total. The maximum atomic E-state index is 13.5. The molecule has 4 aromatic rings. The molecule has 2 aromatic carbocycles. The standard InChI is InChI=1S/C36H37Br2ClN4O2/c37-28-18-27-6-5-26-19-29(39)20-30(38)34(26)35(36(27)40-21-28)25-10-14-41(15-11-25)32(44)17-23-7-12-42(13-8-23)33(45)22-43-16-9-24-3-1-2-4-31(24)43/h1-4,9,16,18-21,23,25,35H,5-8,10-15,17,22H2/t35-/m1/s1. The number of piperidine rings is 2. The molecule has 2 fully saturated rings. The molecule has 1 aliphatic carbocycles. The molecular formula is C36H37Br2ClN4O2. The molecule has 9 heteroatoms. The summed E-state index contributed by atoms with van der Waals surface area (Å²) in [7, 11) is 0. The Morgan fingerprint density at radius 3 is 2.38 bits per heavy atom. The lowest BCUT2D eigenvalue weighted by Crippen LogP contribution is -2.43. The third-order valence-electron chi connectivity index (χ3n) is 10.2. The van der Waals surface area contributed by atoms with Gasteiger partial charge in [0, 0.05) is 70.4 Å². The first-order valence-electron chi connectivity index (χ1n) is 16.1. The lowest BCUT2D eigenvalue weighted by molar-refractivity contribution is -0.135. The van der Waals surface area contributed by atoms with Crippen molar-refractivity contribution >= 4 is 66.2 Å². The lowest BCUT2D eigenvalue weighted by Gasteiger charge is -2.38. The van der Waals surface area contributed by atoms with Crippen molar-refractivity contribution in [2.24, 2.45) is 11.8 Å². The van der Waals surface area contributed by atoms with Gasteiger partial charge in [-0.25, -0.2) is 0 Å². The normalized spacial score (nSPS) is 19.3. The van der Waals surface area contributed by atoms with Gasteiger partial charge in [-0.3, -0.25) is 14.6 Å². The molecule has 0 saturated carbocycles. The fraction of sp³-hybridized carbons (Fsp3) is 0.417. The molecular weight excluding hydrogens is 716 g/mol. The van der Waals surface area contributed by atoms with Crippen molar-refractivity contribution in [3.8, 4) is 0 Å². The van der Waals surface area contributed by atoms with Crippen molar-refractivity contribution in [1.29, 1.82) is 0 Å². The Hall–Kier alpha value is -2.68. The predicted molar refractivity (Wildman–Crippen MR) is 186 cm³/mol. The second-order valence-corrected chi connectivity index (χ2v) is 15.1. The molecule has 2 aromatic heterocycles. The lowest BCUT2D eigenvalue weighted by atomic mass is 9.76. The maximum absolute atomic E-state index is 13.5. The fourth-order valence-corrected chi connectivity index (χ4v) is 9.30. The van der Waals surface area contributed by atoms with E-state index in [4.69, 9.17) is 16.6 Å². The summed E-state index contributed by atoms with van der Waals surface area (Å²) in [6.07, 6.45) is 10.0. The average molecular weight is 753 g/mol. The Morgan fingerprint density at radius 1 is 0.867 bits per heavy atom. The van der Waals surface area contributed by atoms with Crippen LogP contribution in [-0.2, 0) is 29.0 Å². The number of para-hydroxylation sites is 1. The van der Waals surface area contributed by atoms with E-state index in [-0.39, 0.29) is 17.7 Å². The SMILES string of the molecule is O=C(CC1CCN(C(=O)Cn2ccc3ccccc32)CC1)N1CCC([C@H]2c3ncc(Br)cc3CCc3cc(Cl)cc(Br)c32)CC1. The van der Waals surface area contributed by atoms with Crippen molar-refractivity contribution in [2.45, 2.75) is 57.4 Å². The van der Waals surface area contributed by atoms with E-state index in [0.29, 0.717) is 24.8 Å². The zero-order chi connectivity index (χ0) is 31.1. The second kappa shape index (κ2) is 13.2. The first-order valence-corrected chi connectivity index (χ1v) is 18.0. The van der Waals surface area contributed by atoms with E-state index in [9.17, 15) is 9.59 Å². The first kappa shape index (κ1) is 30.9. The Bertz CT molecular complexity index is 1740. The monoisotopic (exact) mass is 750 g/mol. The number of carbonyl (C=O) groups excluding carboxylic acids is 2. The van der Waals surface area contributed by atoms with Gasteiger partial charge in [0.25, 0.3) is 0 Å². The molecule has 2 amide bonds. The highest BCUT2D eigenvalue weighted by Crippen LogP contribution is 2.46. The zero-order valence-electron chi connectivity index (χ0n) is 25.2. The van der Waals surface area contributed by atoms with Crippen LogP contribution in [0.4, 0.5) is 0 Å². The van der Waals surface area contributed by atoms with Gasteiger partial charge >= 0.3 is 0 Å². The van der Waals surface area contributed by atoms with Crippen molar-refractivity contribution in [3.05, 3.63) is 97.3 Å². The molecule has 7 rings (SSSR count). The fourth-order valence-electron chi connectivity index (χ4n) is 7.80. The molecule has 0 spiro atoms. The summed E-state index contributed by atoms with van der Waals surface area (Å²) in [5, 5.41) is 1.91. The Labute approximate surface area is 286 Å². The number of fused-ring (bicyclic) bond motifs is 3.